The van der Waals surface area contributed by atoms with Crippen molar-refractivity contribution in [2.75, 3.05) is 12.4 Å². The lowest BCUT2D eigenvalue weighted by atomic mass is 9.95. The number of carbonyl (C=O) groups is 1. The van der Waals surface area contributed by atoms with Crippen LogP contribution in [0.2, 0.25) is 0 Å². The fourth-order valence-corrected chi connectivity index (χ4v) is 3.35. The maximum absolute atomic E-state index is 12.9. The Labute approximate surface area is 166 Å². The highest BCUT2D eigenvalue weighted by molar-refractivity contribution is 5.96. The normalized spacial score (nSPS) is 11.8. The van der Waals surface area contributed by atoms with Crippen molar-refractivity contribution in [3.63, 3.8) is 0 Å². The predicted octanol–water partition coefficient (Wildman–Crippen LogP) is 4.64. The van der Waals surface area contributed by atoms with Gasteiger partial charge in [0.05, 0.1) is 30.1 Å². The molecule has 0 aliphatic carbocycles. The minimum Gasteiger partial charge on any atom is -0.497 e. The van der Waals surface area contributed by atoms with Gasteiger partial charge in [-0.2, -0.15) is 5.10 Å². The topological polar surface area (TPSA) is 67.0 Å². The second kappa shape index (κ2) is 9.22. The summed E-state index contributed by atoms with van der Waals surface area (Å²) < 4.78 is 5.20. The Morgan fingerprint density at radius 1 is 1.11 bits per heavy atom. The van der Waals surface area contributed by atoms with Crippen LogP contribution in [-0.2, 0) is 17.6 Å². The summed E-state index contributed by atoms with van der Waals surface area (Å²) in [4.78, 5) is 12.9. The third-order valence-corrected chi connectivity index (χ3v) is 5.01. The fourth-order valence-electron chi connectivity index (χ4n) is 3.35. The van der Waals surface area contributed by atoms with Crippen LogP contribution in [0.5, 0.6) is 5.75 Å². The number of methoxy groups -OCH3 is 1. The van der Waals surface area contributed by atoms with Crippen molar-refractivity contribution >= 4 is 11.6 Å². The first-order chi connectivity index (χ1) is 13.6. The van der Waals surface area contributed by atoms with Gasteiger partial charge < -0.3 is 10.1 Å². The molecule has 1 aromatic heterocycles. The van der Waals surface area contributed by atoms with Crippen molar-refractivity contribution < 1.29 is 9.53 Å². The smallest absolute Gasteiger partial charge is 0.232 e. The minimum atomic E-state index is -0.176. The van der Waals surface area contributed by atoms with Gasteiger partial charge in [-0.1, -0.05) is 49.4 Å². The first-order valence-electron chi connectivity index (χ1n) is 9.65. The molecule has 146 valence electrons. The SMILES string of the molecule is CC[C@@H](C(=O)Nc1c(CCc2ccc(OC)cc2)n[nH]c1C)c1ccccc1. The minimum absolute atomic E-state index is 0.00361. The average Bonchev–Trinajstić information content (AvgIpc) is 3.07. The van der Waals surface area contributed by atoms with Crippen LogP contribution in [0.3, 0.4) is 0 Å². The Morgan fingerprint density at radius 2 is 1.82 bits per heavy atom. The van der Waals surface area contributed by atoms with Gasteiger partial charge in [0.1, 0.15) is 5.75 Å². The quantitative estimate of drug-likeness (QED) is 0.601. The van der Waals surface area contributed by atoms with Gasteiger partial charge in [-0.05, 0) is 49.4 Å². The number of rotatable bonds is 8. The largest absolute Gasteiger partial charge is 0.497 e. The number of ether oxygens (including phenoxy) is 1. The Hall–Kier alpha value is -3.08. The molecule has 0 fully saturated rings. The zero-order valence-electron chi connectivity index (χ0n) is 16.7. The molecule has 3 aromatic rings. The second-order valence-corrected chi connectivity index (χ2v) is 6.88. The molecule has 0 bridgehead atoms. The summed E-state index contributed by atoms with van der Waals surface area (Å²) in [6.45, 7) is 3.97. The number of aromatic amines is 1. The molecule has 0 spiro atoms. The lowest BCUT2D eigenvalue weighted by molar-refractivity contribution is -0.117. The van der Waals surface area contributed by atoms with Gasteiger partial charge in [0, 0.05) is 0 Å². The van der Waals surface area contributed by atoms with E-state index < -0.39 is 0 Å². The van der Waals surface area contributed by atoms with Gasteiger partial charge in [0.2, 0.25) is 5.91 Å². The van der Waals surface area contributed by atoms with Gasteiger partial charge >= 0.3 is 0 Å². The average molecular weight is 377 g/mol. The van der Waals surface area contributed by atoms with Gasteiger partial charge in [-0.3, -0.25) is 9.89 Å². The van der Waals surface area contributed by atoms with E-state index in [0.717, 1.165) is 47.7 Å². The zero-order chi connectivity index (χ0) is 19.9. The lowest BCUT2D eigenvalue weighted by Gasteiger charge is -2.16. The Kier molecular flexibility index (Phi) is 6.48. The molecule has 0 aliphatic rings. The molecular formula is C23H27N3O2. The maximum Gasteiger partial charge on any atom is 0.232 e. The van der Waals surface area contributed by atoms with E-state index in [1.165, 1.54) is 5.56 Å². The van der Waals surface area contributed by atoms with Crippen molar-refractivity contribution in [1.29, 1.82) is 0 Å². The molecule has 0 aliphatic heterocycles. The number of nitrogens with one attached hydrogen (secondary N) is 2. The van der Waals surface area contributed by atoms with Gasteiger partial charge in [0.15, 0.2) is 0 Å². The van der Waals surface area contributed by atoms with Gasteiger partial charge in [0.25, 0.3) is 0 Å². The number of aromatic nitrogens is 2. The highest BCUT2D eigenvalue weighted by atomic mass is 16.5. The third kappa shape index (κ3) is 4.60. The summed E-state index contributed by atoms with van der Waals surface area (Å²) in [6, 6.07) is 17.9. The van der Waals surface area contributed by atoms with Crippen molar-refractivity contribution in [1.82, 2.24) is 10.2 Å². The zero-order valence-corrected chi connectivity index (χ0v) is 16.7. The molecule has 0 radical (unpaired) electrons. The van der Waals surface area contributed by atoms with Gasteiger partial charge in [-0.15, -0.1) is 0 Å². The monoisotopic (exact) mass is 377 g/mol. The van der Waals surface area contributed by atoms with Crippen molar-refractivity contribution in [2.24, 2.45) is 0 Å². The van der Waals surface area contributed by atoms with Crippen LogP contribution >= 0.6 is 0 Å². The summed E-state index contributed by atoms with van der Waals surface area (Å²) in [6.07, 6.45) is 2.33. The van der Waals surface area contributed by atoms with E-state index in [0.29, 0.717) is 0 Å². The van der Waals surface area contributed by atoms with Crippen molar-refractivity contribution in [3.05, 3.63) is 77.1 Å². The number of anilines is 1. The number of benzene rings is 2. The summed E-state index contributed by atoms with van der Waals surface area (Å²) in [5, 5.41) is 10.5. The molecule has 1 atom stereocenters. The van der Waals surface area contributed by atoms with Crippen LogP contribution in [0.25, 0.3) is 0 Å². The van der Waals surface area contributed by atoms with Crippen LogP contribution in [0.1, 0.15) is 41.8 Å². The molecular weight excluding hydrogens is 350 g/mol. The summed E-state index contributed by atoms with van der Waals surface area (Å²) >= 11 is 0. The molecule has 0 saturated heterocycles. The molecule has 5 heteroatoms. The predicted molar refractivity (Wildman–Crippen MR) is 112 cm³/mol. The van der Waals surface area contributed by atoms with Crippen molar-refractivity contribution in [3.8, 4) is 5.75 Å². The summed E-state index contributed by atoms with van der Waals surface area (Å²) in [7, 11) is 1.66. The van der Waals surface area contributed by atoms with Crippen molar-refractivity contribution in [2.45, 2.75) is 39.0 Å². The first kappa shape index (κ1) is 19.7. The van der Waals surface area contributed by atoms with E-state index in [9.17, 15) is 4.79 Å². The second-order valence-electron chi connectivity index (χ2n) is 6.88. The van der Waals surface area contributed by atoms with E-state index in [2.05, 4.69) is 27.6 Å². The molecule has 0 unspecified atom stereocenters. The maximum atomic E-state index is 12.9. The number of hydrogen-bond acceptors (Lipinski definition) is 3. The molecule has 5 nitrogen and oxygen atoms in total. The molecule has 2 N–H and O–H groups in total. The van der Waals surface area contributed by atoms with Crippen LogP contribution in [0, 0.1) is 6.92 Å². The molecule has 1 heterocycles. The molecule has 0 saturated carbocycles. The molecule has 3 rings (SSSR count). The molecule has 28 heavy (non-hydrogen) atoms. The highest BCUT2D eigenvalue weighted by Crippen LogP contribution is 2.25. The Bertz CT molecular complexity index is 901. The van der Waals surface area contributed by atoms with Crippen LogP contribution in [0.4, 0.5) is 5.69 Å². The fraction of sp³-hybridized carbons (Fsp3) is 0.304. The Morgan fingerprint density at radius 3 is 2.46 bits per heavy atom. The first-order valence-corrected chi connectivity index (χ1v) is 9.65. The summed E-state index contributed by atoms with van der Waals surface area (Å²) in [5.74, 6) is 0.674. The van der Waals surface area contributed by atoms with E-state index in [4.69, 9.17) is 4.74 Å². The number of amides is 1. The number of H-pyrrole nitrogens is 1. The third-order valence-electron chi connectivity index (χ3n) is 5.01. The van der Waals surface area contributed by atoms with E-state index in [1.54, 1.807) is 7.11 Å². The Balaban J connectivity index is 1.70. The van der Waals surface area contributed by atoms with Crippen LogP contribution < -0.4 is 10.1 Å². The molecule has 1 amide bonds. The standard InChI is InChI=1S/C23H27N3O2/c1-4-20(18-8-6-5-7-9-18)23(27)24-22-16(2)25-26-21(22)15-12-17-10-13-19(28-3)14-11-17/h5-11,13-14,20H,4,12,15H2,1-3H3,(H,24,27)(H,25,26)/t20-/m1/s1. The van der Waals surface area contributed by atoms with Crippen LogP contribution in [-0.4, -0.2) is 23.2 Å². The van der Waals surface area contributed by atoms with E-state index in [-0.39, 0.29) is 11.8 Å². The number of nitrogens with zero attached hydrogens (tertiary/aromatic N) is 1. The summed E-state index contributed by atoms with van der Waals surface area (Å²) in [5.41, 5.74) is 4.79. The van der Waals surface area contributed by atoms with E-state index in [1.807, 2.05) is 56.3 Å². The van der Waals surface area contributed by atoms with E-state index >= 15 is 0 Å². The number of aryl methyl sites for hydroxylation is 3. The number of hydrogen-bond donors (Lipinski definition) is 2. The number of carbonyl (C=O) groups excluding carboxylic acids is 1. The highest BCUT2D eigenvalue weighted by Gasteiger charge is 2.21. The molecule has 2 aromatic carbocycles. The van der Waals surface area contributed by atoms with Crippen LogP contribution in [0.15, 0.2) is 54.6 Å². The van der Waals surface area contributed by atoms with Gasteiger partial charge in [-0.25, -0.2) is 0 Å². The lowest BCUT2D eigenvalue weighted by Crippen LogP contribution is -2.21.